The third kappa shape index (κ3) is 5.98. The zero-order valence-electron chi connectivity index (χ0n) is 13.6. The average molecular weight is 310 g/mol. The van der Waals surface area contributed by atoms with E-state index in [1.54, 1.807) is 13.0 Å². The molecule has 4 nitrogen and oxygen atoms in total. The minimum Gasteiger partial charge on any atom is -0.355 e. The van der Waals surface area contributed by atoms with E-state index in [1.165, 1.54) is 11.3 Å². The molecule has 0 atom stereocenters. The Balaban J connectivity index is 2.38. The van der Waals surface area contributed by atoms with Gasteiger partial charge in [0.05, 0.1) is 11.3 Å². The molecular formula is C16H26N2O2S. The number of nitrogens with zero attached hydrogens (tertiary/aromatic N) is 1. The summed E-state index contributed by atoms with van der Waals surface area (Å²) in [6.07, 6.45) is 0.340. The second-order valence-corrected chi connectivity index (χ2v) is 6.74. The van der Waals surface area contributed by atoms with Crippen LogP contribution in [0, 0.1) is 0 Å². The highest BCUT2D eigenvalue weighted by atomic mass is 32.1. The Bertz CT molecular complexity index is 472. The summed E-state index contributed by atoms with van der Waals surface area (Å²) in [6.45, 7) is 11.7. The molecule has 118 valence electrons. The Kier molecular flexibility index (Phi) is 7.05. The fourth-order valence-electron chi connectivity index (χ4n) is 2.34. The molecule has 0 fully saturated rings. The monoisotopic (exact) mass is 310 g/mol. The van der Waals surface area contributed by atoms with Crippen LogP contribution in [0.4, 0.5) is 0 Å². The molecule has 0 saturated carbocycles. The molecule has 1 N–H and O–H groups in total. The molecule has 0 saturated heterocycles. The number of amides is 1. The lowest BCUT2D eigenvalue weighted by atomic mass is 10.2. The van der Waals surface area contributed by atoms with E-state index in [0.29, 0.717) is 29.9 Å². The van der Waals surface area contributed by atoms with E-state index in [9.17, 15) is 9.59 Å². The number of thiophene rings is 1. The average Bonchev–Trinajstić information content (AvgIpc) is 2.82. The van der Waals surface area contributed by atoms with Crippen molar-refractivity contribution in [3.63, 3.8) is 0 Å². The topological polar surface area (TPSA) is 49.4 Å². The third-order valence-corrected chi connectivity index (χ3v) is 4.46. The number of carbonyl (C=O) groups is 2. The molecule has 1 rings (SSSR count). The highest BCUT2D eigenvalue weighted by Crippen LogP contribution is 2.15. The first-order valence-corrected chi connectivity index (χ1v) is 8.30. The van der Waals surface area contributed by atoms with Crippen LogP contribution in [-0.2, 0) is 11.2 Å². The van der Waals surface area contributed by atoms with Gasteiger partial charge in [-0.05, 0) is 51.6 Å². The van der Waals surface area contributed by atoms with Crippen LogP contribution in [-0.4, -0.2) is 41.8 Å². The first-order chi connectivity index (χ1) is 9.81. The maximum Gasteiger partial charge on any atom is 0.224 e. The van der Waals surface area contributed by atoms with Gasteiger partial charge < -0.3 is 5.32 Å². The lowest BCUT2D eigenvalue weighted by Crippen LogP contribution is -2.42. The van der Waals surface area contributed by atoms with Crippen LogP contribution < -0.4 is 5.32 Å². The number of rotatable bonds is 8. The Hall–Kier alpha value is -1.20. The summed E-state index contributed by atoms with van der Waals surface area (Å²) in [5, 5.41) is 4.83. The third-order valence-electron chi connectivity index (χ3n) is 3.38. The van der Waals surface area contributed by atoms with E-state index >= 15 is 0 Å². The molecule has 0 aliphatic rings. The zero-order chi connectivity index (χ0) is 16.0. The van der Waals surface area contributed by atoms with Crippen molar-refractivity contribution >= 4 is 23.0 Å². The first-order valence-electron chi connectivity index (χ1n) is 7.42. The number of hydrogen-bond acceptors (Lipinski definition) is 4. The van der Waals surface area contributed by atoms with Gasteiger partial charge in [0.2, 0.25) is 5.91 Å². The van der Waals surface area contributed by atoms with Gasteiger partial charge in [0.25, 0.3) is 0 Å². The van der Waals surface area contributed by atoms with Crippen LogP contribution in [0.1, 0.15) is 49.9 Å². The molecule has 0 spiro atoms. The van der Waals surface area contributed by atoms with Crippen molar-refractivity contribution in [1.29, 1.82) is 0 Å². The molecular weight excluding hydrogens is 284 g/mol. The van der Waals surface area contributed by atoms with Gasteiger partial charge in [-0.15, -0.1) is 11.3 Å². The summed E-state index contributed by atoms with van der Waals surface area (Å²) >= 11 is 1.40. The molecule has 0 aliphatic heterocycles. The molecule has 1 aromatic rings. The fraction of sp³-hybridized carbons (Fsp3) is 0.625. The predicted octanol–water partition coefficient (Wildman–Crippen LogP) is 2.73. The van der Waals surface area contributed by atoms with Gasteiger partial charge in [-0.2, -0.15) is 0 Å². The highest BCUT2D eigenvalue weighted by Gasteiger charge is 2.13. The lowest BCUT2D eigenvalue weighted by Gasteiger charge is -2.30. The van der Waals surface area contributed by atoms with E-state index in [1.807, 2.05) is 5.38 Å². The quantitative estimate of drug-likeness (QED) is 0.751. The SMILES string of the molecule is CC(=O)c1cc(CC(=O)NCCN(C(C)C)C(C)C)cs1. The number of carbonyl (C=O) groups excluding carboxylic acids is 2. The number of ketones is 1. The Labute approximate surface area is 131 Å². The van der Waals surface area contributed by atoms with E-state index < -0.39 is 0 Å². The zero-order valence-corrected chi connectivity index (χ0v) is 14.4. The minimum absolute atomic E-state index is 0.00960. The number of Topliss-reactive ketones (excluding diaryl/α,β-unsaturated/α-hetero) is 1. The smallest absolute Gasteiger partial charge is 0.224 e. The molecule has 5 heteroatoms. The van der Waals surface area contributed by atoms with Crippen molar-refractivity contribution in [2.75, 3.05) is 13.1 Å². The molecule has 0 aliphatic carbocycles. The molecule has 1 heterocycles. The van der Waals surface area contributed by atoms with E-state index in [2.05, 4.69) is 37.9 Å². The van der Waals surface area contributed by atoms with Gasteiger partial charge in [-0.1, -0.05) is 0 Å². The van der Waals surface area contributed by atoms with Crippen molar-refractivity contribution in [1.82, 2.24) is 10.2 Å². The summed E-state index contributed by atoms with van der Waals surface area (Å²) < 4.78 is 0. The summed E-state index contributed by atoms with van der Waals surface area (Å²) in [7, 11) is 0. The minimum atomic E-state index is 0.00960. The number of hydrogen-bond donors (Lipinski definition) is 1. The predicted molar refractivity (Wildman–Crippen MR) is 88.0 cm³/mol. The van der Waals surface area contributed by atoms with Crippen LogP contribution in [0.5, 0.6) is 0 Å². The summed E-state index contributed by atoms with van der Waals surface area (Å²) in [6, 6.07) is 2.75. The summed E-state index contributed by atoms with van der Waals surface area (Å²) in [5.74, 6) is 0.0616. The Morgan fingerprint density at radius 2 is 1.86 bits per heavy atom. The first kappa shape index (κ1) is 17.9. The molecule has 0 unspecified atom stereocenters. The molecule has 0 aromatic carbocycles. The van der Waals surface area contributed by atoms with Crippen LogP contribution in [0.3, 0.4) is 0 Å². The molecule has 1 aromatic heterocycles. The molecule has 1 amide bonds. The van der Waals surface area contributed by atoms with Crippen molar-refractivity contribution in [3.05, 3.63) is 21.9 Å². The van der Waals surface area contributed by atoms with Crippen molar-refractivity contribution in [2.24, 2.45) is 0 Å². The standard InChI is InChI=1S/C16H26N2O2S/c1-11(2)18(12(3)4)7-6-17-16(20)9-14-8-15(13(5)19)21-10-14/h8,10-12H,6-7,9H2,1-5H3,(H,17,20). The Morgan fingerprint density at radius 1 is 1.24 bits per heavy atom. The van der Waals surface area contributed by atoms with E-state index in [-0.39, 0.29) is 11.7 Å². The van der Waals surface area contributed by atoms with Gasteiger partial charge in [0.1, 0.15) is 0 Å². The van der Waals surface area contributed by atoms with E-state index in [4.69, 9.17) is 0 Å². The maximum absolute atomic E-state index is 11.9. The highest BCUT2D eigenvalue weighted by molar-refractivity contribution is 7.12. The maximum atomic E-state index is 11.9. The van der Waals surface area contributed by atoms with Gasteiger partial charge >= 0.3 is 0 Å². The van der Waals surface area contributed by atoms with Crippen LogP contribution in [0.25, 0.3) is 0 Å². The van der Waals surface area contributed by atoms with Crippen LogP contribution in [0.15, 0.2) is 11.4 Å². The van der Waals surface area contributed by atoms with Gasteiger partial charge in [-0.3, -0.25) is 14.5 Å². The van der Waals surface area contributed by atoms with Crippen molar-refractivity contribution < 1.29 is 9.59 Å². The largest absolute Gasteiger partial charge is 0.355 e. The normalized spacial score (nSPS) is 11.4. The van der Waals surface area contributed by atoms with Gasteiger partial charge in [0, 0.05) is 25.2 Å². The van der Waals surface area contributed by atoms with E-state index in [0.717, 1.165) is 12.1 Å². The van der Waals surface area contributed by atoms with Gasteiger partial charge in [-0.25, -0.2) is 0 Å². The van der Waals surface area contributed by atoms with Crippen molar-refractivity contribution in [2.45, 2.75) is 53.1 Å². The fourth-order valence-corrected chi connectivity index (χ4v) is 3.15. The summed E-state index contributed by atoms with van der Waals surface area (Å²) in [5.41, 5.74) is 0.910. The second kappa shape index (κ2) is 8.29. The van der Waals surface area contributed by atoms with Crippen molar-refractivity contribution in [3.8, 4) is 0 Å². The second-order valence-electron chi connectivity index (χ2n) is 5.83. The van der Waals surface area contributed by atoms with Gasteiger partial charge in [0.15, 0.2) is 5.78 Å². The molecule has 0 bridgehead atoms. The van der Waals surface area contributed by atoms with Crippen LogP contribution >= 0.6 is 11.3 Å². The van der Waals surface area contributed by atoms with Crippen LogP contribution in [0.2, 0.25) is 0 Å². The lowest BCUT2D eigenvalue weighted by molar-refractivity contribution is -0.120. The molecule has 0 radical (unpaired) electrons. The Morgan fingerprint density at radius 3 is 2.33 bits per heavy atom. The molecule has 21 heavy (non-hydrogen) atoms. The summed E-state index contributed by atoms with van der Waals surface area (Å²) in [4.78, 5) is 26.2. The number of nitrogens with one attached hydrogen (secondary N) is 1.